The number of nitrogens with one attached hydrogen (secondary N) is 2. The third-order valence-corrected chi connectivity index (χ3v) is 3.15. The molecule has 20 heavy (non-hydrogen) atoms. The zero-order valence-corrected chi connectivity index (χ0v) is 11.3. The molecule has 2 aromatic rings. The standard InChI is InChI=1S/C13H18N4O3/c1-9(8-18)3-2-6-14-13-15-11-5-4-10(17(19)20)7-12(11)16-13/h4-5,7,9,18H,2-3,6,8H2,1H3,(H2,14,15,16). The summed E-state index contributed by atoms with van der Waals surface area (Å²) in [6.45, 7) is 2.95. The number of H-pyrrole nitrogens is 1. The molecule has 1 heterocycles. The number of aromatic nitrogens is 2. The lowest BCUT2D eigenvalue weighted by Crippen LogP contribution is -2.07. The first-order valence-electron chi connectivity index (χ1n) is 6.59. The Kier molecular flexibility index (Phi) is 4.52. The molecule has 1 aromatic heterocycles. The van der Waals surface area contributed by atoms with Gasteiger partial charge in [0, 0.05) is 25.3 Å². The van der Waals surface area contributed by atoms with Crippen LogP contribution in [0.15, 0.2) is 18.2 Å². The van der Waals surface area contributed by atoms with Crippen LogP contribution in [0.2, 0.25) is 0 Å². The molecule has 0 aliphatic heterocycles. The Morgan fingerprint density at radius 2 is 2.35 bits per heavy atom. The number of imidazole rings is 1. The van der Waals surface area contributed by atoms with Crippen LogP contribution in [-0.2, 0) is 0 Å². The van der Waals surface area contributed by atoms with E-state index in [-0.39, 0.29) is 12.3 Å². The summed E-state index contributed by atoms with van der Waals surface area (Å²) >= 11 is 0. The molecule has 3 N–H and O–H groups in total. The Bertz CT molecular complexity index is 596. The molecular formula is C13H18N4O3. The van der Waals surface area contributed by atoms with E-state index in [9.17, 15) is 10.1 Å². The van der Waals surface area contributed by atoms with Gasteiger partial charge >= 0.3 is 0 Å². The van der Waals surface area contributed by atoms with Gasteiger partial charge in [0.25, 0.3) is 5.69 Å². The topological polar surface area (TPSA) is 104 Å². The van der Waals surface area contributed by atoms with Crippen molar-refractivity contribution in [3.05, 3.63) is 28.3 Å². The molecule has 1 aromatic carbocycles. The number of aliphatic hydroxyl groups is 1. The van der Waals surface area contributed by atoms with Crippen LogP contribution in [0, 0.1) is 16.0 Å². The summed E-state index contributed by atoms with van der Waals surface area (Å²) < 4.78 is 0. The lowest BCUT2D eigenvalue weighted by molar-refractivity contribution is -0.384. The lowest BCUT2D eigenvalue weighted by Gasteiger charge is -2.07. The monoisotopic (exact) mass is 278 g/mol. The molecule has 1 atom stereocenters. The number of benzene rings is 1. The molecule has 0 saturated carbocycles. The van der Waals surface area contributed by atoms with Crippen LogP contribution < -0.4 is 5.32 Å². The second kappa shape index (κ2) is 6.33. The predicted molar refractivity (Wildman–Crippen MR) is 76.7 cm³/mol. The maximum Gasteiger partial charge on any atom is 0.271 e. The van der Waals surface area contributed by atoms with Crippen molar-refractivity contribution in [1.82, 2.24) is 9.97 Å². The van der Waals surface area contributed by atoms with E-state index in [1.54, 1.807) is 6.07 Å². The van der Waals surface area contributed by atoms with Crippen LogP contribution in [0.4, 0.5) is 11.6 Å². The van der Waals surface area contributed by atoms with Crippen molar-refractivity contribution < 1.29 is 10.0 Å². The van der Waals surface area contributed by atoms with Gasteiger partial charge in [-0.25, -0.2) is 4.98 Å². The highest BCUT2D eigenvalue weighted by molar-refractivity contribution is 5.79. The number of rotatable bonds is 7. The van der Waals surface area contributed by atoms with E-state index < -0.39 is 4.92 Å². The van der Waals surface area contributed by atoms with Crippen LogP contribution in [0.25, 0.3) is 11.0 Å². The average Bonchev–Trinajstić information content (AvgIpc) is 2.84. The van der Waals surface area contributed by atoms with Crippen molar-refractivity contribution in [2.75, 3.05) is 18.5 Å². The molecule has 0 fully saturated rings. The minimum Gasteiger partial charge on any atom is -0.396 e. The summed E-state index contributed by atoms with van der Waals surface area (Å²) in [6.07, 6.45) is 1.87. The molecule has 7 nitrogen and oxygen atoms in total. The number of hydrogen-bond donors (Lipinski definition) is 3. The van der Waals surface area contributed by atoms with Gasteiger partial charge in [-0.2, -0.15) is 0 Å². The van der Waals surface area contributed by atoms with Crippen molar-refractivity contribution in [3.8, 4) is 0 Å². The summed E-state index contributed by atoms with van der Waals surface area (Å²) in [5, 5.41) is 22.8. The zero-order valence-electron chi connectivity index (χ0n) is 11.3. The fraction of sp³-hybridized carbons (Fsp3) is 0.462. The van der Waals surface area contributed by atoms with Gasteiger partial charge in [0.1, 0.15) is 0 Å². The SMILES string of the molecule is CC(CO)CCCNc1nc2ccc([N+](=O)[O-])cc2[nH]1. The smallest absolute Gasteiger partial charge is 0.271 e. The number of anilines is 1. The van der Waals surface area contributed by atoms with Crippen LogP contribution in [0.5, 0.6) is 0 Å². The fourth-order valence-electron chi connectivity index (χ4n) is 1.94. The maximum absolute atomic E-state index is 10.7. The summed E-state index contributed by atoms with van der Waals surface area (Å²) in [6, 6.07) is 4.54. The van der Waals surface area contributed by atoms with Crippen molar-refractivity contribution >= 4 is 22.7 Å². The Hall–Kier alpha value is -2.15. The Morgan fingerprint density at radius 3 is 3.05 bits per heavy atom. The van der Waals surface area contributed by atoms with Gasteiger partial charge in [-0.1, -0.05) is 6.92 Å². The molecule has 7 heteroatoms. The average molecular weight is 278 g/mol. The lowest BCUT2D eigenvalue weighted by atomic mass is 10.1. The first-order valence-corrected chi connectivity index (χ1v) is 6.59. The van der Waals surface area contributed by atoms with E-state index in [1.807, 2.05) is 6.92 Å². The van der Waals surface area contributed by atoms with Crippen LogP contribution >= 0.6 is 0 Å². The van der Waals surface area contributed by atoms with Gasteiger partial charge < -0.3 is 15.4 Å². The molecule has 0 aliphatic rings. The fourth-order valence-corrected chi connectivity index (χ4v) is 1.94. The summed E-state index contributed by atoms with van der Waals surface area (Å²) in [7, 11) is 0. The minimum atomic E-state index is -0.427. The Labute approximate surface area is 116 Å². The normalized spacial score (nSPS) is 12.5. The van der Waals surface area contributed by atoms with E-state index in [0.29, 0.717) is 22.9 Å². The second-order valence-corrected chi connectivity index (χ2v) is 4.90. The highest BCUT2D eigenvalue weighted by Gasteiger charge is 2.09. The van der Waals surface area contributed by atoms with E-state index in [2.05, 4.69) is 15.3 Å². The van der Waals surface area contributed by atoms with Crippen molar-refractivity contribution in [2.45, 2.75) is 19.8 Å². The molecule has 0 radical (unpaired) electrons. The van der Waals surface area contributed by atoms with Crippen molar-refractivity contribution in [3.63, 3.8) is 0 Å². The van der Waals surface area contributed by atoms with Gasteiger partial charge in [-0.15, -0.1) is 0 Å². The molecule has 0 aliphatic carbocycles. The number of non-ortho nitro benzene ring substituents is 1. The Balaban J connectivity index is 1.96. The summed E-state index contributed by atoms with van der Waals surface area (Å²) in [5.41, 5.74) is 1.39. The maximum atomic E-state index is 10.7. The highest BCUT2D eigenvalue weighted by Crippen LogP contribution is 2.20. The molecule has 108 valence electrons. The zero-order chi connectivity index (χ0) is 14.5. The third kappa shape index (κ3) is 3.45. The van der Waals surface area contributed by atoms with Crippen molar-refractivity contribution in [2.24, 2.45) is 5.92 Å². The summed E-state index contributed by atoms with van der Waals surface area (Å²) in [5.74, 6) is 0.910. The number of aromatic amines is 1. The Morgan fingerprint density at radius 1 is 1.55 bits per heavy atom. The highest BCUT2D eigenvalue weighted by atomic mass is 16.6. The quantitative estimate of drug-likeness (QED) is 0.409. The number of hydrogen-bond acceptors (Lipinski definition) is 5. The number of nitro groups is 1. The predicted octanol–water partition coefficient (Wildman–Crippen LogP) is 2.29. The van der Waals surface area contributed by atoms with Crippen molar-refractivity contribution in [1.29, 1.82) is 0 Å². The number of nitrogens with zero attached hydrogens (tertiary/aromatic N) is 2. The second-order valence-electron chi connectivity index (χ2n) is 4.90. The van der Waals surface area contributed by atoms with E-state index >= 15 is 0 Å². The van der Waals surface area contributed by atoms with Gasteiger partial charge in [0.05, 0.1) is 16.0 Å². The number of fused-ring (bicyclic) bond motifs is 1. The van der Waals surface area contributed by atoms with E-state index in [0.717, 1.165) is 19.4 Å². The summed E-state index contributed by atoms with van der Waals surface area (Å²) in [4.78, 5) is 17.6. The molecule has 0 bridgehead atoms. The molecule has 0 amide bonds. The van der Waals surface area contributed by atoms with Crippen LogP contribution in [0.1, 0.15) is 19.8 Å². The van der Waals surface area contributed by atoms with Gasteiger partial charge in [-0.3, -0.25) is 10.1 Å². The molecule has 0 spiro atoms. The van der Waals surface area contributed by atoms with Crippen LogP contribution in [0.3, 0.4) is 0 Å². The van der Waals surface area contributed by atoms with Gasteiger partial charge in [0.15, 0.2) is 0 Å². The van der Waals surface area contributed by atoms with E-state index in [1.165, 1.54) is 12.1 Å². The molecular weight excluding hydrogens is 260 g/mol. The van der Waals surface area contributed by atoms with Gasteiger partial charge in [-0.05, 0) is 24.8 Å². The third-order valence-electron chi connectivity index (χ3n) is 3.15. The van der Waals surface area contributed by atoms with Gasteiger partial charge in [0.2, 0.25) is 5.95 Å². The van der Waals surface area contributed by atoms with E-state index in [4.69, 9.17) is 5.11 Å². The number of aliphatic hydroxyl groups excluding tert-OH is 1. The molecule has 1 unspecified atom stereocenters. The molecule has 2 rings (SSSR count). The first kappa shape index (κ1) is 14.3. The van der Waals surface area contributed by atoms with Crippen LogP contribution in [-0.4, -0.2) is 33.1 Å². The molecule has 0 saturated heterocycles. The first-order chi connectivity index (χ1) is 9.60. The minimum absolute atomic E-state index is 0.0458. The largest absolute Gasteiger partial charge is 0.396 e. The number of nitro benzene ring substituents is 1.